The quantitative estimate of drug-likeness (QED) is 0.286. The normalized spacial score (nSPS) is 38.1. The number of aromatic hydroxyl groups is 2. The van der Waals surface area contributed by atoms with Crippen LogP contribution >= 0.6 is 0 Å². The monoisotopic (exact) mass is 542 g/mol. The van der Waals surface area contributed by atoms with Gasteiger partial charge < -0.3 is 30.6 Å². The predicted molar refractivity (Wildman–Crippen MR) is 134 cm³/mol. The molecule has 40 heavy (non-hydrogen) atoms. The molecule has 0 aromatic heterocycles. The number of rotatable bonds is 0. The van der Waals surface area contributed by atoms with Crippen molar-refractivity contribution in [1.82, 2.24) is 0 Å². The second-order valence-electron chi connectivity index (χ2n) is 12.0. The molecule has 0 unspecified atom stereocenters. The second kappa shape index (κ2) is 6.54. The van der Waals surface area contributed by atoms with Gasteiger partial charge in [-0.15, -0.1) is 0 Å². The van der Waals surface area contributed by atoms with Crippen LogP contribution in [0, 0.1) is 48.3 Å². The van der Waals surface area contributed by atoms with Crippen molar-refractivity contribution in [1.29, 1.82) is 0 Å². The van der Waals surface area contributed by atoms with Crippen molar-refractivity contribution in [2.45, 2.75) is 26.1 Å². The number of hydrogen-bond acceptors (Lipinski definition) is 10. The summed E-state index contributed by atoms with van der Waals surface area (Å²) in [5.74, 6) is -12.2. The fraction of sp³-hybridized carbons (Fsp3) is 0.333. The number of benzene rings is 2. The van der Waals surface area contributed by atoms with Crippen LogP contribution in [0.2, 0.25) is 0 Å². The van der Waals surface area contributed by atoms with Crippen molar-refractivity contribution < 1.29 is 49.8 Å². The first-order valence-corrected chi connectivity index (χ1v) is 12.9. The molecule has 2 aromatic rings. The summed E-state index contributed by atoms with van der Waals surface area (Å²) in [7, 11) is 0. The van der Waals surface area contributed by atoms with Crippen LogP contribution in [0.4, 0.5) is 0 Å². The van der Waals surface area contributed by atoms with Crippen LogP contribution in [-0.4, -0.2) is 66.0 Å². The van der Waals surface area contributed by atoms with Crippen LogP contribution in [0.15, 0.2) is 35.4 Å². The van der Waals surface area contributed by atoms with Gasteiger partial charge in [-0.3, -0.25) is 19.2 Å². The van der Waals surface area contributed by atoms with Gasteiger partial charge >= 0.3 is 0 Å². The maximum Gasteiger partial charge on any atom is 0.175 e. The zero-order chi connectivity index (χ0) is 28.5. The number of phenols is 2. The number of fused-ring (bicyclic) bond motifs is 4. The van der Waals surface area contributed by atoms with Gasteiger partial charge in [0, 0.05) is 23.0 Å². The highest BCUT2D eigenvalue weighted by molar-refractivity contribution is 6.30. The lowest BCUT2D eigenvalue weighted by molar-refractivity contribution is -0.142. The Morgan fingerprint density at radius 2 is 0.950 bits per heavy atom. The Kier molecular flexibility index (Phi) is 3.86. The first-order valence-electron chi connectivity index (χ1n) is 12.9. The van der Waals surface area contributed by atoms with E-state index in [9.17, 15) is 49.8 Å². The molecule has 0 saturated heterocycles. The number of ketones is 4. The number of hydrogen-bond donors (Lipinski definition) is 6. The highest BCUT2D eigenvalue weighted by Crippen LogP contribution is 2.80. The van der Waals surface area contributed by atoms with Crippen LogP contribution in [0.25, 0.3) is 11.5 Å². The molecule has 6 N–H and O–H groups in total. The Balaban J connectivity index is 1.55. The number of carbonyl (C=O) groups excluding carboxylic acids is 4. The summed E-state index contributed by atoms with van der Waals surface area (Å²) >= 11 is 0. The predicted octanol–water partition coefficient (Wildman–Crippen LogP) is 1.70. The van der Waals surface area contributed by atoms with E-state index in [-0.39, 0.29) is 22.3 Å². The molecule has 0 radical (unpaired) electrons. The molecule has 202 valence electrons. The fourth-order valence-corrected chi connectivity index (χ4v) is 9.51. The van der Waals surface area contributed by atoms with E-state index in [1.807, 2.05) is 0 Å². The third-order valence-corrected chi connectivity index (χ3v) is 10.4. The Labute approximate surface area is 225 Å². The van der Waals surface area contributed by atoms with Crippen molar-refractivity contribution in [2.75, 3.05) is 0 Å². The maximum absolute atomic E-state index is 14.5. The van der Waals surface area contributed by atoms with Gasteiger partial charge in [0.25, 0.3) is 0 Å². The fourth-order valence-electron chi connectivity index (χ4n) is 9.51. The van der Waals surface area contributed by atoms with Crippen molar-refractivity contribution in [3.05, 3.63) is 68.8 Å². The van der Waals surface area contributed by atoms with Gasteiger partial charge in [-0.25, -0.2) is 0 Å². The summed E-state index contributed by atoms with van der Waals surface area (Å²) < 4.78 is 0. The zero-order valence-corrected chi connectivity index (χ0v) is 21.1. The van der Waals surface area contributed by atoms with Gasteiger partial charge in [-0.2, -0.15) is 0 Å². The average molecular weight is 542 g/mol. The molecule has 2 spiro atoms. The lowest BCUT2D eigenvalue weighted by Gasteiger charge is -2.53. The van der Waals surface area contributed by atoms with Gasteiger partial charge in [-0.1, -0.05) is 0 Å². The molecular formula is C30H22O10. The summed E-state index contributed by atoms with van der Waals surface area (Å²) in [5, 5.41) is 67.8. The van der Waals surface area contributed by atoms with Gasteiger partial charge in [0.1, 0.15) is 23.0 Å². The minimum atomic E-state index is -2.25. The number of carbonyl (C=O) groups is 4. The lowest BCUT2D eigenvalue weighted by Crippen LogP contribution is -2.65. The summed E-state index contributed by atoms with van der Waals surface area (Å²) in [4.78, 5) is 57.9. The van der Waals surface area contributed by atoms with E-state index in [0.29, 0.717) is 11.1 Å². The summed E-state index contributed by atoms with van der Waals surface area (Å²) in [6.45, 7) is 3.19. The number of aliphatic hydroxyl groups excluding tert-OH is 4. The van der Waals surface area contributed by atoms with Crippen LogP contribution < -0.4 is 0 Å². The minimum absolute atomic E-state index is 0.185. The van der Waals surface area contributed by atoms with Gasteiger partial charge in [0.05, 0.1) is 57.1 Å². The van der Waals surface area contributed by atoms with Crippen molar-refractivity contribution >= 4 is 34.7 Å². The van der Waals surface area contributed by atoms with E-state index >= 15 is 0 Å². The Morgan fingerprint density at radius 3 is 1.30 bits per heavy atom. The number of phenolic OH excluding ortho intramolecular Hbond substituents is 2. The average Bonchev–Trinajstić information content (AvgIpc) is 3.22. The molecule has 4 saturated carbocycles. The number of aliphatic hydroxyl groups is 4. The largest absolute Gasteiger partial charge is 0.507 e. The standard InChI is InChI=1S/C30H22O10/c1-7-3-9-13(11(31)5-7)21(33)17-25(37)20-23(35)15-16-24(36)19(29(15,17)27(9)39)26(38)18-22(34)14-10(28(40)30(16,18)20)4-8(2)6-12(14)32/h3-6,15-16,19-20,23-24,31-36H,1-2H3/t15-,16+,19-,20-,23-,24+,29-,30-/m1/s1. The minimum Gasteiger partial charge on any atom is -0.507 e. The first kappa shape index (κ1) is 23.6. The Morgan fingerprint density at radius 1 is 0.600 bits per heavy atom. The molecule has 10 heteroatoms. The zero-order valence-electron chi connectivity index (χ0n) is 21.1. The van der Waals surface area contributed by atoms with E-state index in [1.54, 1.807) is 13.8 Å². The number of Topliss-reactive ketones (excluding diaryl/α,β-unsaturated/α-hetero) is 4. The van der Waals surface area contributed by atoms with E-state index < -0.39 is 104 Å². The van der Waals surface area contributed by atoms with Crippen molar-refractivity contribution in [3.8, 4) is 11.5 Å². The molecule has 8 atom stereocenters. The lowest BCUT2D eigenvalue weighted by atomic mass is 9.46. The van der Waals surface area contributed by atoms with Crippen molar-refractivity contribution in [2.24, 2.45) is 34.5 Å². The highest BCUT2D eigenvalue weighted by atomic mass is 16.3. The molecule has 0 amide bonds. The van der Waals surface area contributed by atoms with E-state index in [1.165, 1.54) is 24.3 Å². The second-order valence-corrected chi connectivity index (χ2v) is 12.0. The molecular weight excluding hydrogens is 520 g/mol. The molecule has 6 aliphatic rings. The molecule has 8 rings (SSSR count). The van der Waals surface area contributed by atoms with Gasteiger partial charge in [0.2, 0.25) is 0 Å². The topological polar surface area (TPSA) is 190 Å². The maximum atomic E-state index is 14.5. The third-order valence-electron chi connectivity index (χ3n) is 10.4. The van der Waals surface area contributed by atoms with Crippen LogP contribution in [0.5, 0.6) is 11.5 Å². The van der Waals surface area contributed by atoms with Crippen LogP contribution in [-0.2, 0) is 9.59 Å². The van der Waals surface area contributed by atoms with Crippen LogP contribution in [0.1, 0.15) is 43.0 Å². The van der Waals surface area contributed by atoms with E-state index in [4.69, 9.17) is 0 Å². The molecule has 4 fully saturated rings. The Bertz CT molecular complexity index is 1680. The molecule has 4 bridgehead atoms. The summed E-state index contributed by atoms with van der Waals surface area (Å²) in [5.41, 5.74) is -5.58. The van der Waals surface area contributed by atoms with Gasteiger partial charge in [-0.05, 0) is 49.2 Å². The molecule has 2 aromatic carbocycles. The number of aryl methyl sites for hydroxylation is 2. The molecule has 0 aliphatic heterocycles. The SMILES string of the molecule is Cc1cc(O)c2c(c1)C(=O)[C@@]13C(=C2O)C(=O)[C@H]2[C@@H](O)[C@@H]1[C@@H]1[C@@H](O)[C@@H]3C(=O)C3=C(O)c4c(O)cc(C)cc4C(=O)[C@@]312. The molecule has 10 nitrogen and oxygen atoms in total. The molecule has 0 heterocycles. The summed E-state index contributed by atoms with van der Waals surface area (Å²) in [6.07, 6.45) is -3.37. The van der Waals surface area contributed by atoms with Crippen LogP contribution in [0.3, 0.4) is 0 Å². The van der Waals surface area contributed by atoms with Crippen molar-refractivity contribution in [3.63, 3.8) is 0 Å². The van der Waals surface area contributed by atoms with E-state index in [0.717, 1.165) is 0 Å². The highest BCUT2D eigenvalue weighted by Gasteiger charge is 2.89. The van der Waals surface area contributed by atoms with Gasteiger partial charge in [0.15, 0.2) is 23.1 Å². The molecule has 6 aliphatic carbocycles. The third kappa shape index (κ3) is 1.96. The van der Waals surface area contributed by atoms with E-state index in [2.05, 4.69) is 0 Å². The first-order chi connectivity index (χ1) is 18.8. The number of allylic oxidation sites excluding steroid dienone is 2. The smallest absolute Gasteiger partial charge is 0.175 e. The Hall–Kier alpha value is -4.28. The summed E-state index contributed by atoms with van der Waals surface area (Å²) in [6, 6.07) is 5.37.